The van der Waals surface area contributed by atoms with Crippen LogP contribution in [0.1, 0.15) is 64.7 Å². The summed E-state index contributed by atoms with van der Waals surface area (Å²) in [5.41, 5.74) is 0. The molecule has 4 nitrogen and oxygen atoms in total. The highest BCUT2D eigenvalue weighted by Crippen LogP contribution is 2.04. The Bertz CT molecular complexity index is 408. The predicted octanol–water partition coefficient (Wildman–Crippen LogP) is 5.68. The van der Waals surface area contributed by atoms with E-state index in [1.807, 2.05) is 42.5 Å². The van der Waals surface area contributed by atoms with Gasteiger partial charge in [0, 0.05) is 6.42 Å². The van der Waals surface area contributed by atoms with Gasteiger partial charge in [0.1, 0.15) is 6.10 Å². The fourth-order valence-corrected chi connectivity index (χ4v) is 2.03. The summed E-state index contributed by atoms with van der Waals surface area (Å²) in [5, 5.41) is 17.4. The largest absolute Gasteiger partial charge is 0.481 e. The molecule has 0 amide bonds. The molecule has 0 unspecified atom stereocenters. The second kappa shape index (κ2) is 17.7. The van der Waals surface area contributed by atoms with Crippen LogP contribution in [0.3, 0.4) is 0 Å². The molecule has 1 atom stereocenters. The van der Waals surface area contributed by atoms with Gasteiger partial charge >= 0.3 is 5.97 Å². The molecule has 4 heteroatoms. The van der Waals surface area contributed by atoms with Crippen LogP contribution in [0.15, 0.2) is 48.6 Å². The maximum Gasteiger partial charge on any atom is 0.303 e. The van der Waals surface area contributed by atoms with Crippen molar-refractivity contribution in [3.63, 3.8) is 0 Å². The summed E-state index contributed by atoms with van der Waals surface area (Å²) in [6, 6.07) is 0. The lowest BCUT2D eigenvalue weighted by Crippen LogP contribution is -2.04. The fraction of sp³-hybridized carbons (Fsp3) is 0.550. The summed E-state index contributed by atoms with van der Waals surface area (Å²) in [6.07, 6.45) is 23.4. The minimum Gasteiger partial charge on any atom is -0.481 e. The normalized spacial score (nSPS) is 13.8. The molecule has 0 heterocycles. The highest BCUT2D eigenvalue weighted by Gasteiger charge is 1.99. The van der Waals surface area contributed by atoms with Crippen LogP contribution in [0.4, 0.5) is 0 Å². The van der Waals surface area contributed by atoms with E-state index in [0.29, 0.717) is 12.8 Å². The number of carbonyl (C=O) groups is 1. The van der Waals surface area contributed by atoms with Crippen LogP contribution in [0.5, 0.6) is 0 Å². The van der Waals surface area contributed by atoms with Crippen LogP contribution >= 0.6 is 0 Å². The van der Waals surface area contributed by atoms with E-state index in [2.05, 4.69) is 17.9 Å². The Kier molecular flexibility index (Phi) is 16.5. The van der Waals surface area contributed by atoms with Gasteiger partial charge in [0.05, 0.1) is 0 Å². The molecule has 0 aromatic heterocycles. The van der Waals surface area contributed by atoms with Crippen molar-refractivity contribution < 1.29 is 20.0 Å². The predicted molar refractivity (Wildman–Crippen MR) is 98.9 cm³/mol. The van der Waals surface area contributed by atoms with E-state index >= 15 is 0 Å². The van der Waals surface area contributed by atoms with Gasteiger partial charge in [-0.05, 0) is 38.5 Å². The average Bonchev–Trinajstić information content (AvgIpc) is 2.57. The van der Waals surface area contributed by atoms with E-state index in [4.69, 9.17) is 10.4 Å². The van der Waals surface area contributed by atoms with Crippen LogP contribution in [0, 0.1) is 0 Å². The molecule has 0 radical (unpaired) electrons. The number of allylic oxidation sites excluding steroid dienone is 6. The van der Waals surface area contributed by atoms with E-state index in [0.717, 1.165) is 19.3 Å². The molecule has 0 fully saturated rings. The van der Waals surface area contributed by atoms with Gasteiger partial charge in [0.15, 0.2) is 0 Å². The number of rotatable bonds is 15. The topological polar surface area (TPSA) is 66.8 Å². The average molecular weight is 336 g/mol. The van der Waals surface area contributed by atoms with E-state index < -0.39 is 5.97 Å². The van der Waals surface area contributed by atoms with E-state index in [1.165, 1.54) is 19.3 Å². The van der Waals surface area contributed by atoms with Crippen molar-refractivity contribution in [1.29, 1.82) is 0 Å². The third kappa shape index (κ3) is 16.7. The summed E-state index contributed by atoms with van der Waals surface area (Å²) in [6.45, 7) is 2.19. The molecule has 136 valence electrons. The smallest absolute Gasteiger partial charge is 0.303 e. The molecule has 0 aliphatic carbocycles. The van der Waals surface area contributed by atoms with Gasteiger partial charge in [-0.15, -0.1) is 0 Å². The molecular weight excluding hydrogens is 304 g/mol. The molecule has 0 spiro atoms. The molecule has 0 aliphatic rings. The van der Waals surface area contributed by atoms with Gasteiger partial charge in [0.25, 0.3) is 0 Å². The van der Waals surface area contributed by atoms with Crippen molar-refractivity contribution in [1.82, 2.24) is 0 Å². The lowest BCUT2D eigenvalue weighted by Gasteiger charge is -2.04. The molecule has 0 aliphatic heterocycles. The second-order valence-electron chi connectivity index (χ2n) is 5.65. The first-order valence-corrected chi connectivity index (χ1v) is 8.86. The Balaban J connectivity index is 3.79. The van der Waals surface area contributed by atoms with E-state index in [-0.39, 0.29) is 12.5 Å². The van der Waals surface area contributed by atoms with E-state index in [9.17, 15) is 4.79 Å². The molecule has 0 saturated heterocycles. The van der Waals surface area contributed by atoms with Gasteiger partial charge in [-0.3, -0.25) is 10.1 Å². The number of carboxylic acids is 1. The minimum absolute atomic E-state index is 0.221. The summed E-state index contributed by atoms with van der Waals surface area (Å²) in [4.78, 5) is 14.8. The first kappa shape index (κ1) is 22.4. The number of hydrogen-bond acceptors (Lipinski definition) is 3. The highest BCUT2D eigenvalue weighted by molar-refractivity contribution is 5.66. The first-order chi connectivity index (χ1) is 11.7. The summed E-state index contributed by atoms with van der Waals surface area (Å²) in [7, 11) is 0. The molecule has 0 aromatic carbocycles. The Morgan fingerprint density at radius 1 is 1.00 bits per heavy atom. The number of unbranched alkanes of at least 4 members (excludes halogenated alkanes) is 4. The molecular formula is C20H32O4. The van der Waals surface area contributed by atoms with E-state index in [1.54, 1.807) is 0 Å². The molecule has 0 rings (SSSR count). The van der Waals surface area contributed by atoms with Crippen LogP contribution in [-0.2, 0) is 9.68 Å². The molecule has 2 N–H and O–H groups in total. The maximum atomic E-state index is 10.3. The zero-order chi connectivity index (χ0) is 17.9. The first-order valence-electron chi connectivity index (χ1n) is 8.86. The highest BCUT2D eigenvalue weighted by atomic mass is 17.1. The van der Waals surface area contributed by atoms with Gasteiger partial charge in [-0.2, -0.15) is 0 Å². The second-order valence-corrected chi connectivity index (χ2v) is 5.65. The third-order valence-corrected chi connectivity index (χ3v) is 3.42. The Morgan fingerprint density at radius 3 is 2.46 bits per heavy atom. The van der Waals surface area contributed by atoms with Crippen LogP contribution in [0.25, 0.3) is 0 Å². The molecule has 0 bridgehead atoms. The van der Waals surface area contributed by atoms with Crippen molar-refractivity contribution >= 4 is 5.97 Å². The lowest BCUT2D eigenvalue weighted by molar-refractivity contribution is -0.264. The van der Waals surface area contributed by atoms with Crippen molar-refractivity contribution in [2.75, 3.05) is 0 Å². The van der Waals surface area contributed by atoms with Gasteiger partial charge in [0.2, 0.25) is 0 Å². The fourth-order valence-electron chi connectivity index (χ4n) is 2.03. The summed E-state index contributed by atoms with van der Waals surface area (Å²) < 4.78 is 0. The number of aliphatic carboxylic acids is 1. The quantitative estimate of drug-likeness (QED) is 0.133. The molecule has 24 heavy (non-hydrogen) atoms. The zero-order valence-corrected chi connectivity index (χ0v) is 14.8. The standard InChI is InChI=1S/C20H32O4/c1-2-3-4-5-10-13-16-19(24-23)17-14-11-8-6-7-9-12-15-18-20(21)22/h7-11,13-14,17,19,23H,2-6,12,15-16,18H2,1H3,(H,21,22)/b9-7-,11-8-,13-10-,17-14-/t19-/m0/s1. The number of hydrogen-bond donors (Lipinski definition) is 2. The minimum atomic E-state index is -0.745. The Labute approximate surface area is 146 Å². The van der Waals surface area contributed by atoms with Gasteiger partial charge in [-0.1, -0.05) is 68.4 Å². The SMILES string of the molecule is CCCCC/C=C\C[C@@H](/C=C\C=C/C/C=C\CCCC(=O)O)OO. The van der Waals surface area contributed by atoms with Gasteiger partial charge < -0.3 is 5.11 Å². The molecule has 0 saturated carbocycles. The number of carboxylic acid groups (broad SMARTS) is 1. The maximum absolute atomic E-state index is 10.3. The van der Waals surface area contributed by atoms with Crippen molar-refractivity contribution in [3.8, 4) is 0 Å². The monoisotopic (exact) mass is 336 g/mol. The lowest BCUT2D eigenvalue weighted by atomic mass is 10.1. The third-order valence-electron chi connectivity index (χ3n) is 3.42. The molecule has 0 aromatic rings. The Morgan fingerprint density at radius 2 is 1.75 bits per heavy atom. The van der Waals surface area contributed by atoms with Gasteiger partial charge in [-0.25, -0.2) is 4.89 Å². The summed E-state index contributed by atoms with van der Waals surface area (Å²) in [5.74, 6) is -0.745. The van der Waals surface area contributed by atoms with Crippen LogP contribution in [-0.4, -0.2) is 22.4 Å². The summed E-state index contributed by atoms with van der Waals surface area (Å²) >= 11 is 0. The van der Waals surface area contributed by atoms with Crippen LogP contribution < -0.4 is 0 Å². The van der Waals surface area contributed by atoms with Crippen LogP contribution in [0.2, 0.25) is 0 Å². The van der Waals surface area contributed by atoms with Crippen molar-refractivity contribution in [2.45, 2.75) is 70.8 Å². The zero-order valence-electron chi connectivity index (χ0n) is 14.8. The van der Waals surface area contributed by atoms with Crippen molar-refractivity contribution in [3.05, 3.63) is 48.6 Å². The van der Waals surface area contributed by atoms with Crippen molar-refractivity contribution in [2.24, 2.45) is 0 Å². The Hall–Kier alpha value is -1.65.